The first-order valence-corrected chi connectivity index (χ1v) is 5.71. The van der Waals surface area contributed by atoms with Gasteiger partial charge in [0, 0.05) is 12.5 Å². The summed E-state index contributed by atoms with van der Waals surface area (Å²) in [5.74, 6) is 2.64. The second-order valence-electron chi connectivity index (χ2n) is 4.50. The fraction of sp³-hybridized carbons (Fsp3) is 0.462. The van der Waals surface area contributed by atoms with E-state index in [9.17, 15) is 0 Å². The standard InChI is InChI=1S/C13H18N2O/c1-9(2)4-7-13-14-11-6-5-10(16-3)8-12(11)15-13/h5-6,8-9H,4,7H2,1-3H3,(H,14,15). The van der Waals surface area contributed by atoms with Crippen molar-refractivity contribution in [3.63, 3.8) is 0 Å². The Kier molecular flexibility index (Phi) is 3.13. The molecule has 2 rings (SSSR count). The number of aryl methyl sites for hydroxylation is 1. The molecule has 0 atom stereocenters. The maximum Gasteiger partial charge on any atom is 0.121 e. The number of hydrogen-bond donors (Lipinski definition) is 1. The van der Waals surface area contributed by atoms with Crippen molar-refractivity contribution >= 4 is 11.0 Å². The molecule has 0 aliphatic carbocycles. The maximum atomic E-state index is 5.18. The summed E-state index contributed by atoms with van der Waals surface area (Å²) in [6, 6.07) is 5.92. The number of ether oxygens (including phenoxy) is 1. The molecule has 3 nitrogen and oxygen atoms in total. The largest absolute Gasteiger partial charge is 0.497 e. The van der Waals surface area contributed by atoms with E-state index in [-0.39, 0.29) is 0 Å². The Hall–Kier alpha value is -1.51. The smallest absolute Gasteiger partial charge is 0.121 e. The average molecular weight is 218 g/mol. The Morgan fingerprint density at radius 3 is 2.88 bits per heavy atom. The van der Waals surface area contributed by atoms with E-state index in [0.29, 0.717) is 5.92 Å². The number of nitrogens with one attached hydrogen (secondary N) is 1. The fourth-order valence-electron chi connectivity index (χ4n) is 1.71. The van der Waals surface area contributed by atoms with Gasteiger partial charge in [-0.3, -0.25) is 0 Å². The van der Waals surface area contributed by atoms with Crippen LogP contribution in [-0.4, -0.2) is 17.1 Å². The normalized spacial score (nSPS) is 11.2. The summed E-state index contributed by atoms with van der Waals surface area (Å²) in [6.07, 6.45) is 2.17. The van der Waals surface area contributed by atoms with Crippen LogP contribution in [0.5, 0.6) is 5.75 Å². The lowest BCUT2D eigenvalue weighted by molar-refractivity contribution is 0.415. The second kappa shape index (κ2) is 4.56. The first-order chi connectivity index (χ1) is 7.69. The molecule has 0 bridgehead atoms. The molecule has 1 aromatic heterocycles. The van der Waals surface area contributed by atoms with Crippen molar-refractivity contribution < 1.29 is 4.74 Å². The molecule has 2 aromatic rings. The summed E-state index contributed by atoms with van der Waals surface area (Å²) in [4.78, 5) is 7.88. The molecule has 16 heavy (non-hydrogen) atoms. The summed E-state index contributed by atoms with van der Waals surface area (Å²) >= 11 is 0. The van der Waals surface area contributed by atoms with E-state index in [2.05, 4.69) is 23.8 Å². The van der Waals surface area contributed by atoms with Gasteiger partial charge in [0.05, 0.1) is 18.1 Å². The first-order valence-electron chi connectivity index (χ1n) is 5.71. The quantitative estimate of drug-likeness (QED) is 0.856. The number of benzene rings is 1. The van der Waals surface area contributed by atoms with E-state index in [0.717, 1.165) is 35.4 Å². The van der Waals surface area contributed by atoms with Crippen LogP contribution in [0.2, 0.25) is 0 Å². The lowest BCUT2D eigenvalue weighted by Crippen LogP contribution is -1.93. The topological polar surface area (TPSA) is 37.9 Å². The summed E-state index contributed by atoms with van der Waals surface area (Å²) in [7, 11) is 1.68. The van der Waals surface area contributed by atoms with Crippen LogP contribution in [0.4, 0.5) is 0 Å². The molecule has 0 saturated heterocycles. The van der Waals surface area contributed by atoms with E-state index >= 15 is 0 Å². The van der Waals surface area contributed by atoms with Crippen molar-refractivity contribution in [2.24, 2.45) is 5.92 Å². The number of methoxy groups -OCH3 is 1. The maximum absolute atomic E-state index is 5.18. The highest BCUT2D eigenvalue weighted by molar-refractivity contribution is 5.76. The molecule has 0 saturated carbocycles. The minimum Gasteiger partial charge on any atom is -0.497 e. The van der Waals surface area contributed by atoms with Gasteiger partial charge >= 0.3 is 0 Å². The molecule has 1 heterocycles. The number of rotatable bonds is 4. The molecule has 0 aliphatic rings. The van der Waals surface area contributed by atoms with Crippen LogP contribution in [0.3, 0.4) is 0 Å². The third-order valence-electron chi connectivity index (χ3n) is 2.70. The van der Waals surface area contributed by atoms with Gasteiger partial charge in [0.15, 0.2) is 0 Å². The first kappa shape index (κ1) is 11.0. The molecule has 1 aromatic carbocycles. The van der Waals surface area contributed by atoms with E-state index in [1.165, 1.54) is 0 Å². The predicted molar refractivity (Wildman–Crippen MR) is 65.8 cm³/mol. The Balaban J connectivity index is 2.22. The molecule has 0 amide bonds. The predicted octanol–water partition coefficient (Wildman–Crippen LogP) is 3.16. The summed E-state index contributed by atoms with van der Waals surface area (Å²) in [5, 5.41) is 0. The summed E-state index contributed by atoms with van der Waals surface area (Å²) in [5.41, 5.74) is 2.07. The highest BCUT2D eigenvalue weighted by Gasteiger charge is 2.04. The van der Waals surface area contributed by atoms with E-state index in [4.69, 9.17) is 4.74 Å². The monoisotopic (exact) mass is 218 g/mol. The van der Waals surface area contributed by atoms with Gasteiger partial charge in [-0.2, -0.15) is 0 Å². The number of aromatic amines is 1. The van der Waals surface area contributed by atoms with Gasteiger partial charge in [0.25, 0.3) is 0 Å². The molecule has 0 unspecified atom stereocenters. The second-order valence-corrected chi connectivity index (χ2v) is 4.50. The molecule has 3 heteroatoms. The van der Waals surface area contributed by atoms with Gasteiger partial charge in [-0.1, -0.05) is 13.8 Å². The summed E-state index contributed by atoms with van der Waals surface area (Å²) < 4.78 is 5.18. The average Bonchev–Trinajstić information content (AvgIpc) is 2.67. The van der Waals surface area contributed by atoms with E-state index in [1.54, 1.807) is 7.11 Å². The number of hydrogen-bond acceptors (Lipinski definition) is 2. The Morgan fingerprint density at radius 1 is 1.38 bits per heavy atom. The van der Waals surface area contributed by atoms with Crippen LogP contribution < -0.4 is 4.74 Å². The molecule has 0 spiro atoms. The molecule has 1 N–H and O–H groups in total. The number of nitrogens with zero attached hydrogens (tertiary/aromatic N) is 1. The lowest BCUT2D eigenvalue weighted by Gasteiger charge is -2.00. The van der Waals surface area contributed by atoms with Gasteiger partial charge in [-0.05, 0) is 24.5 Å². The van der Waals surface area contributed by atoms with Crippen molar-refractivity contribution in [2.75, 3.05) is 7.11 Å². The fourth-order valence-corrected chi connectivity index (χ4v) is 1.71. The third-order valence-corrected chi connectivity index (χ3v) is 2.70. The van der Waals surface area contributed by atoms with Crippen LogP contribution in [0.1, 0.15) is 26.1 Å². The Morgan fingerprint density at radius 2 is 2.19 bits per heavy atom. The van der Waals surface area contributed by atoms with Gasteiger partial charge in [0.1, 0.15) is 11.6 Å². The number of H-pyrrole nitrogens is 1. The van der Waals surface area contributed by atoms with Crippen molar-refractivity contribution in [1.29, 1.82) is 0 Å². The molecule has 0 aliphatic heterocycles. The molecule has 86 valence electrons. The highest BCUT2D eigenvalue weighted by Crippen LogP contribution is 2.19. The van der Waals surface area contributed by atoms with Gasteiger partial charge < -0.3 is 9.72 Å². The minimum absolute atomic E-state index is 0.711. The molecule has 0 fully saturated rings. The summed E-state index contributed by atoms with van der Waals surface area (Å²) in [6.45, 7) is 4.46. The van der Waals surface area contributed by atoms with Gasteiger partial charge in [0.2, 0.25) is 0 Å². The molecular weight excluding hydrogens is 200 g/mol. The van der Waals surface area contributed by atoms with Crippen LogP contribution >= 0.6 is 0 Å². The number of fused-ring (bicyclic) bond motifs is 1. The zero-order valence-electron chi connectivity index (χ0n) is 10.1. The number of imidazole rings is 1. The third kappa shape index (κ3) is 2.35. The zero-order valence-corrected chi connectivity index (χ0v) is 10.1. The van der Waals surface area contributed by atoms with Crippen LogP contribution in [0, 0.1) is 5.92 Å². The number of aromatic nitrogens is 2. The SMILES string of the molecule is COc1ccc2nc(CCC(C)C)[nH]c2c1. The van der Waals surface area contributed by atoms with Gasteiger partial charge in [-0.15, -0.1) is 0 Å². The van der Waals surface area contributed by atoms with Crippen molar-refractivity contribution in [3.8, 4) is 5.75 Å². The highest BCUT2D eigenvalue weighted by atomic mass is 16.5. The van der Waals surface area contributed by atoms with E-state index < -0.39 is 0 Å². The van der Waals surface area contributed by atoms with Crippen LogP contribution in [0.25, 0.3) is 11.0 Å². The molecular formula is C13H18N2O. The Labute approximate surface area is 95.8 Å². The van der Waals surface area contributed by atoms with Crippen molar-refractivity contribution in [3.05, 3.63) is 24.0 Å². The Bertz CT molecular complexity index is 474. The zero-order chi connectivity index (χ0) is 11.5. The van der Waals surface area contributed by atoms with Crippen LogP contribution in [0.15, 0.2) is 18.2 Å². The van der Waals surface area contributed by atoms with Gasteiger partial charge in [-0.25, -0.2) is 4.98 Å². The minimum atomic E-state index is 0.711. The van der Waals surface area contributed by atoms with E-state index in [1.807, 2.05) is 18.2 Å². The lowest BCUT2D eigenvalue weighted by atomic mass is 10.1. The molecule has 0 radical (unpaired) electrons. The van der Waals surface area contributed by atoms with Crippen molar-refractivity contribution in [1.82, 2.24) is 9.97 Å². The van der Waals surface area contributed by atoms with Crippen molar-refractivity contribution in [2.45, 2.75) is 26.7 Å². The van der Waals surface area contributed by atoms with Crippen LogP contribution in [-0.2, 0) is 6.42 Å².